The second-order valence-electron chi connectivity index (χ2n) is 6.67. The van der Waals surface area contributed by atoms with Gasteiger partial charge in [0.05, 0.1) is 6.61 Å². The molecule has 2 rings (SSSR count). The summed E-state index contributed by atoms with van der Waals surface area (Å²) in [5, 5.41) is 0. The molecule has 110 valence electrons. The molecule has 0 aromatic heterocycles. The van der Waals surface area contributed by atoms with Crippen molar-refractivity contribution in [3.05, 3.63) is 0 Å². The SMILES string of the molecule is CN(CC1CCCOC1)CC1(C=O)CCCCCC1. The second-order valence-corrected chi connectivity index (χ2v) is 6.67. The molecule has 2 aliphatic rings. The van der Waals surface area contributed by atoms with Crippen molar-refractivity contribution >= 4 is 6.29 Å². The normalized spacial score (nSPS) is 28.0. The number of nitrogens with zero attached hydrogens (tertiary/aromatic N) is 1. The smallest absolute Gasteiger partial charge is 0.127 e. The van der Waals surface area contributed by atoms with E-state index in [0.29, 0.717) is 5.92 Å². The predicted molar refractivity (Wildman–Crippen MR) is 77.2 cm³/mol. The van der Waals surface area contributed by atoms with Gasteiger partial charge in [0.25, 0.3) is 0 Å². The minimum absolute atomic E-state index is 0.0687. The zero-order chi connectivity index (χ0) is 13.6. The Hall–Kier alpha value is -0.410. The van der Waals surface area contributed by atoms with E-state index < -0.39 is 0 Å². The highest BCUT2D eigenvalue weighted by molar-refractivity contribution is 5.59. The van der Waals surface area contributed by atoms with Gasteiger partial charge < -0.3 is 14.4 Å². The number of hydrogen-bond donors (Lipinski definition) is 0. The van der Waals surface area contributed by atoms with Crippen molar-refractivity contribution in [2.75, 3.05) is 33.4 Å². The van der Waals surface area contributed by atoms with Gasteiger partial charge in [-0.1, -0.05) is 25.7 Å². The Morgan fingerprint density at radius 2 is 1.95 bits per heavy atom. The van der Waals surface area contributed by atoms with Crippen LogP contribution < -0.4 is 0 Å². The molecule has 0 N–H and O–H groups in total. The Labute approximate surface area is 117 Å². The molecule has 0 aromatic carbocycles. The predicted octanol–water partition coefficient (Wildman–Crippen LogP) is 2.88. The summed E-state index contributed by atoms with van der Waals surface area (Å²) >= 11 is 0. The lowest BCUT2D eigenvalue weighted by atomic mass is 9.81. The van der Waals surface area contributed by atoms with Crippen LogP contribution in [0.2, 0.25) is 0 Å². The Kier molecular flexibility index (Phi) is 5.83. The quantitative estimate of drug-likeness (QED) is 0.566. The average Bonchev–Trinajstić information content (AvgIpc) is 2.66. The molecule has 1 atom stereocenters. The number of ether oxygens (including phenoxy) is 1. The summed E-state index contributed by atoms with van der Waals surface area (Å²) in [5.41, 5.74) is -0.0687. The van der Waals surface area contributed by atoms with Crippen LogP contribution in [0.3, 0.4) is 0 Å². The van der Waals surface area contributed by atoms with Gasteiger partial charge in [0.1, 0.15) is 6.29 Å². The molecule has 0 spiro atoms. The van der Waals surface area contributed by atoms with E-state index in [2.05, 4.69) is 11.9 Å². The van der Waals surface area contributed by atoms with Crippen LogP contribution in [-0.2, 0) is 9.53 Å². The monoisotopic (exact) mass is 267 g/mol. The third-order valence-corrected chi connectivity index (χ3v) is 4.76. The van der Waals surface area contributed by atoms with E-state index in [0.717, 1.165) is 39.1 Å². The molecule has 0 bridgehead atoms. The molecule has 1 aliphatic heterocycles. The second kappa shape index (κ2) is 7.39. The number of hydrogen-bond acceptors (Lipinski definition) is 3. The van der Waals surface area contributed by atoms with Crippen molar-refractivity contribution in [1.29, 1.82) is 0 Å². The molecule has 3 heteroatoms. The third kappa shape index (κ3) is 4.57. The first-order valence-corrected chi connectivity index (χ1v) is 7.97. The van der Waals surface area contributed by atoms with E-state index in [1.54, 1.807) is 0 Å². The summed E-state index contributed by atoms with van der Waals surface area (Å²) < 4.78 is 5.55. The van der Waals surface area contributed by atoms with E-state index in [9.17, 15) is 4.79 Å². The van der Waals surface area contributed by atoms with E-state index in [4.69, 9.17) is 4.74 Å². The number of aldehydes is 1. The Bertz CT molecular complexity index is 266. The lowest BCUT2D eigenvalue weighted by molar-refractivity contribution is -0.118. The van der Waals surface area contributed by atoms with Gasteiger partial charge in [-0.2, -0.15) is 0 Å². The van der Waals surface area contributed by atoms with Crippen molar-refractivity contribution in [3.63, 3.8) is 0 Å². The zero-order valence-corrected chi connectivity index (χ0v) is 12.4. The maximum atomic E-state index is 11.6. The van der Waals surface area contributed by atoms with E-state index in [1.807, 2.05) is 0 Å². The van der Waals surface area contributed by atoms with E-state index in [-0.39, 0.29) is 5.41 Å². The van der Waals surface area contributed by atoms with Crippen molar-refractivity contribution < 1.29 is 9.53 Å². The molecule has 1 saturated carbocycles. The molecule has 1 unspecified atom stereocenters. The fourth-order valence-electron chi connectivity index (χ4n) is 3.74. The molecule has 0 aromatic rings. The van der Waals surface area contributed by atoms with Gasteiger partial charge >= 0.3 is 0 Å². The van der Waals surface area contributed by atoms with Crippen LogP contribution >= 0.6 is 0 Å². The number of rotatable bonds is 5. The Morgan fingerprint density at radius 3 is 2.53 bits per heavy atom. The molecule has 19 heavy (non-hydrogen) atoms. The highest BCUT2D eigenvalue weighted by Gasteiger charge is 2.32. The van der Waals surface area contributed by atoms with Crippen LogP contribution in [0.4, 0.5) is 0 Å². The van der Waals surface area contributed by atoms with Crippen molar-refractivity contribution in [2.45, 2.75) is 51.4 Å². The zero-order valence-electron chi connectivity index (χ0n) is 12.4. The minimum atomic E-state index is -0.0687. The van der Waals surface area contributed by atoms with Gasteiger partial charge in [0, 0.05) is 25.1 Å². The molecular weight excluding hydrogens is 238 g/mol. The molecule has 1 heterocycles. The highest BCUT2D eigenvalue weighted by atomic mass is 16.5. The van der Waals surface area contributed by atoms with Crippen LogP contribution in [0.15, 0.2) is 0 Å². The number of carbonyl (C=O) groups is 1. The third-order valence-electron chi connectivity index (χ3n) is 4.76. The van der Waals surface area contributed by atoms with Gasteiger partial charge in [-0.25, -0.2) is 0 Å². The summed E-state index contributed by atoms with van der Waals surface area (Å²) in [5.74, 6) is 0.660. The summed E-state index contributed by atoms with van der Waals surface area (Å²) in [7, 11) is 2.17. The van der Waals surface area contributed by atoms with Crippen LogP contribution in [0.1, 0.15) is 51.4 Å². The standard InChI is InChI=1S/C16H29NO2/c1-17(11-15-7-6-10-19-12-15)13-16(14-18)8-4-2-3-5-9-16/h14-15H,2-13H2,1H3. The van der Waals surface area contributed by atoms with Crippen molar-refractivity contribution in [1.82, 2.24) is 4.90 Å². The number of carbonyl (C=O) groups excluding carboxylic acids is 1. The largest absolute Gasteiger partial charge is 0.381 e. The molecule has 3 nitrogen and oxygen atoms in total. The van der Waals surface area contributed by atoms with Gasteiger partial charge in [-0.15, -0.1) is 0 Å². The minimum Gasteiger partial charge on any atom is -0.381 e. The molecule has 1 aliphatic carbocycles. The molecule has 0 radical (unpaired) electrons. The molecule has 2 fully saturated rings. The van der Waals surface area contributed by atoms with E-state index >= 15 is 0 Å². The van der Waals surface area contributed by atoms with Gasteiger partial charge in [0.15, 0.2) is 0 Å². The fraction of sp³-hybridized carbons (Fsp3) is 0.938. The molecular formula is C16H29NO2. The topological polar surface area (TPSA) is 29.5 Å². The van der Waals surface area contributed by atoms with Gasteiger partial charge in [-0.3, -0.25) is 0 Å². The average molecular weight is 267 g/mol. The van der Waals surface area contributed by atoms with Gasteiger partial charge in [-0.05, 0) is 38.6 Å². The summed E-state index contributed by atoms with van der Waals surface area (Å²) in [6, 6.07) is 0. The lowest BCUT2D eigenvalue weighted by Crippen LogP contribution is -2.40. The van der Waals surface area contributed by atoms with Crippen molar-refractivity contribution in [2.24, 2.45) is 11.3 Å². The van der Waals surface area contributed by atoms with E-state index in [1.165, 1.54) is 44.8 Å². The summed E-state index contributed by atoms with van der Waals surface area (Å²) in [6.45, 7) is 3.85. The van der Waals surface area contributed by atoms with Crippen LogP contribution in [0, 0.1) is 11.3 Å². The Balaban J connectivity index is 1.83. The maximum Gasteiger partial charge on any atom is 0.127 e. The van der Waals surface area contributed by atoms with Crippen molar-refractivity contribution in [3.8, 4) is 0 Å². The van der Waals surface area contributed by atoms with Crippen LogP contribution in [-0.4, -0.2) is 44.5 Å². The first-order valence-electron chi connectivity index (χ1n) is 7.97. The maximum absolute atomic E-state index is 11.6. The summed E-state index contributed by atoms with van der Waals surface area (Å²) in [4.78, 5) is 14.0. The molecule has 1 saturated heterocycles. The highest BCUT2D eigenvalue weighted by Crippen LogP contribution is 2.34. The fourth-order valence-corrected chi connectivity index (χ4v) is 3.74. The van der Waals surface area contributed by atoms with Crippen LogP contribution in [0.25, 0.3) is 0 Å². The van der Waals surface area contributed by atoms with Crippen LogP contribution in [0.5, 0.6) is 0 Å². The Morgan fingerprint density at radius 1 is 1.21 bits per heavy atom. The first kappa shape index (κ1) is 15.0. The first-order chi connectivity index (χ1) is 9.24. The van der Waals surface area contributed by atoms with Gasteiger partial charge in [0.2, 0.25) is 0 Å². The lowest BCUT2D eigenvalue weighted by Gasteiger charge is -2.34. The molecule has 0 amide bonds. The summed E-state index contributed by atoms with van der Waals surface area (Å²) in [6.07, 6.45) is 10.9.